The molecule has 0 atom stereocenters. The zero-order chi connectivity index (χ0) is 13.8. The second-order valence-electron chi connectivity index (χ2n) is 3.78. The highest BCUT2D eigenvalue weighted by atomic mass is 35.5. The maximum absolute atomic E-state index is 13.5. The lowest BCUT2D eigenvalue weighted by atomic mass is 10.3. The van der Waals surface area contributed by atoms with Gasteiger partial charge in [-0.3, -0.25) is 0 Å². The van der Waals surface area contributed by atoms with E-state index in [9.17, 15) is 8.78 Å². The molecule has 0 unspecified atom stereocenters. The van der Waals surface area contributed by atoms with Gasteiger partial charge in [-0.2, -0.15) is 0 Å². The zero-order valence-corrected chi connectivity index (χ0v) is 11.7. The Bertz CT molecular complexity index is 574. The van der Waals surface area contributed by atoms with Crippen molar-refractivity contribution in [2.45, 2.75) is 6.42 Å². The van der Waals surface area contributed by atoms with Crippen molar-refractivity contribution in [3.63, 3.8) is 0 Å². The maximum atomic E-state index is 13.5. The summed E-state index contributed by atoms with van der Waals surface area (Å²) in [6.45, 7) is 0.496. The third kappa shape index (κ3) is 3.54. The van der Waals surface area contributed by atoms with Gasteiger partial charge in [-0.1, -0.05) is 11.6 Å². The summed E-state index contributed by atoms with van der Waals surface area (Å²) >= 11 is 7.29. The van der Waals surface area contributed by atoms with Crippen LogP contribution >= 0.6 is 22.9 Å². The summed E-state index contributed by atoms with van der Waals surface area (Å²) in [5, 5.41) is 5.41. The van der Waals surface area contributed by atoms with Crippen LogP contribution < -0.4 is 10.6 Å². The van der Waals surface area contributed by atoms with Crippen molar-refractivity contribution in [1.82, 2.24) is 4.98 Å². The van der Waals surface area contributed by atoms with Crippen molar-refractivity contribution in [3.8, 4) is 0 Å². The first-order valence-corrected chi connectivity index (χ1v) is 6.81. The van der Waals surface area contributed by atoms with E-state index in [1.54, 1.807) is 0 Å². The number of aromatic nitrogens is 1. The molecule has 2 aromatic heterocycles. The Hall–Kier alpha value is -1.40. The molecule has 3 nitrogen and oxygen atoms in total. The molecule has 0 radical (unpaired) electrons. The van der Waals surface area contributed by atoms with Gasteiger partial charge in [0, 0.05) is 24.5 Å². The molecule has 2 aromatic rings. The number of hydrogen-bond acceptors (Lipinski definition) is 4. The number of halogens is 3. The molecule has 0 fully saturated rings. The molecular formula is C12H12ClF2N3S. The molecule has 0 aliphatic rings. The molecule has 2 N–H and O–H groups in total. The average Bonchev–Trinajstić information content (AvgIpc) is 2.78. The number of nitrogens with one attached hydrogen (secondary N) is 2. The molecule has 7 heteroatoms. The Kier molecular flexibility index (Phi) is 4.55. The van der Waals surface area contributed by atoms with E-state index in [0.29, 0.717) is 13.0 Å². The van der Waals surface area contributed by atoms with E-state index in [1.807, 2.05) is 12.1 Å². The molecule has 102 valence electrons. The molecule has 0 aliphatic carbocycles. The van der Waals surface area contributed by atoms with Crippen molar-refractivity contribution < 1.29 is 8.78 Å². The van der Waals surface area contributed by atoms with Crippen LogP contribution in [0, 0.1) is 11.6 Å². The summed E-state index contributed by atoms with van der Waals surface area (Å²) in [7, 11) is 1.53. The van der Waals surface area contributed by atoms with Gasteiger partial charge in [-0.15, -0.1) is 11.3 Å². The molecule has 0 saturated carbocycles. The molecule has 0 aliphatic heterocycles. The van der Waals surface area contributed by atoms with Gasteiger partial charge in [-0.05, 0) is 18.6 Å². The van der Waals surface area contributed by atoms with Gasteiger partial charge in [0.2, 0.25) is 0 Å². The first-order valence-electron chi connectivity index (χ1n) is 5.62. The van der Waals surface area contributed by atoms with Crippen molar-refractivity contribution in [2.24, 2.45) is 0 Å². The van der Waals surface area contributed by atoms with E-state index in [4.69, 9.17) is 11.6 Å². The lowest BCUT2D eigenvalue weighted by molar-refractivity contribution is 0.578. The fourth-order valence-electron chi connectivity index (χ4n) is 1.56. The largest absolute Gasteiger partial charge is 0.371 e. The van der Waals surface area contributed by atoms with Gasteiger partial charge in [0.25, 0.3) is 0 Å². The molecule has 0 spiro atoms. The Morgan fingerprint density at radius 3 is 2.63 bits per heavy atom. The molecule has 2 heterocycles. The quantitative estimate of drug-likeness (QED) is 0.883. The summed E-state index contributed by atoms with van der Waals surface area (Å²) in [4.78, 5) is 4.92. The minimum atomic E-state index is -0.712. The van der Waals surface area contributed by atoms with Crippen molar-refractivity contribution in [1.29, 1.82) is 0 Å². The maximum Gasteiger partial charge on any atom is 0.168 e. The fourth-order valence-corrected chi connectivity index (χ4v) is 2.64. The average molecular weight is 304 g/mol. The number of thiophene rings is 1. The Morgan fingerprint density at radius 2 is 2.00 bits per heavy atom. The Labute approximate surface area is 118 Å². The van der Waals surface area contributed by atoms with Crippen molar-refractivity contribution in [3.05, 3.63) is 39.0 Å². The second-order valence-corrected chi connectivity index (χ2v) is 5.58. The van der Waals surface area contributed by atoms with Crippen LogP contribution in [0.2, 0.25) is 4.34 Å². The molecule has 0 bridgehead atoms. The predicted octanol–water partition coefficient (Wildman–Crippen LogP) is 3.77. The van der Waals surface area contributed by atoms with Crippen LogP contribution in [-0.2, 0) is 6.42 Å². The molecule has 2 rings (SSSR count). The van der Waals surface area contributed by atoms with Gasteiger partial charge in [0.1, 0.15) is 0 Å². The number of rotatable bonds is 5. The Balaban J connectivity index is 1.99. The number of anilines is 2. The smallest absolute Gasteiger partial charge is 0.168 e. The highest BCUT2D eigenvalue weighted by Crippen LogP contribution is 2.22. The third-order valence-electron chi connectivity index (χ3n) is 2.46. The van der Waals surface area contributed by atoms with Gasteiger partial charge >= 0.3 is 0 Å². The van der Waals surface area contributed by atoms with E-state index in [-0.39, 0.29) is 11.6 Å². The monoisotopic (exact) mass is 303 g/mol. The molecule has 19 heavy (non-hydrogen) atoms. The summed E-state index contributed by atoms with van der Waals surface area (Å²) < 4.78 is 27.4. The van der Waals surface area contributed by atoms with Gasteiger partial charge in [0.15, 0.2) is 23.3 Å². The fraction of sp³-hybridized carbons (Fsp3) is 0.250. The van der Waals surface area contributed by atoms with Crippen LogP contribution in [0.4, 0.5) is 20.4 Å². The van der Waals surface area contributed by atoms with Crippen LogP contribution in [0.25, 0.3) is 0 Å². The lowest BCUT2D eigenvalue weighted by Crippen LogP contribution is -2.09. The summed E-state index contributed by atoms with van der Waals surface area (Å²) in [6, 6.07) is 4.54. The van der Waals surface area contributed by atoms with Crippen molar-refractivity contribution in [2.75, 3.05) is 24.2 Å². The Morgan fingerprint density at radius 1 is 1.26 bits per heavy atom. The first-order chi connectivity index (χ1) is 9.10. The van der Waals surface area contributed by atoms with Crippen LogP contribution in [0.5, 0.6) is 0 Å². The minimum absolute atomic E-state index is 0.0167. The first kappa shape index (κ1) is 14.0. The van der Waals surface area contributed by atoms with Crippen LogP contribution in [0.15, 0.2) is 18.2 Å². The van der Waals surface area contributed by atoms with E-state index >= 15 is 0 Å². The topological polar surface area (TPSA) is 37.0 Å². The molecule has 0 amide bonds. The number of hydrogen-bond donors (Lipinski definition) is 2. The second kappa shape index (κ2) is 6.16. The number of pyridine rings is 1. The molecular weight excluding hydrogens is 292 g/mol. The molecule has 0 saturated heterocycles. The predicted molar refractivity (Wildman–Crippen MR) is 75.2 cm³/mol. The van der Waals surface area contributed by atoms with E-state index in [1.165, 1.54) is 18.4 Å². The van der Waals surface area contributed by atoms with Gasteiger partial charge < -0.3 is 10.6 Å². The standard InChI is InChI=1S/C12H12ClF2N3S/c1-16-11-8(14)6-9(15)12(18-11)17-5-4-7-2-3-10(13)19-7/h2-3,6H,4-5H2,1H3,(H2,16,17,18). The van der Waals surface area contributed by atoms with E-state index < -0.39 is 11.6 Å². The van der Waals surface area contributed by atoms with Crippen LogP contribution in [-0.4, -0.2) is 18.6 Å². The summed E-state index contributed by atoms with van der Waals surface area (Å²) in [5.41, 5.74) is 0. The summed E-state index contributed by atoms with van der Waals surface area (Å²) in [5.74, 6) is -1.37. The zero-order valence-electron chi connectivity index (χ0n) is 10.1. The van der Waals surface area contributed by atoms with Gasteiger partial charge in [-0.25, -0.2) is 13.8 Å². The van der Waals surface area contributed by atoms with Crippen LogP contribution in [0.1, 0.15) is 4.88 Å². The summed E-state index contributed by atoms with van der Waals surface area (Å²) in [6.07, 6.45) is 0.699. The van der Waals surface area contributed by atoms with Gasteiger partial charge in [0.05, 0.1) is 4.34 Å². The van der Waals surface area contributed by atoms with Crippen LogP contribution in [0.3, 0.4) is 0 Å². The SMILES string of the molecule is CNc1nc(NCCc2ccc(Cl)s2)c(F)cc1F. The normalized spacial score (nSPS) is 10.5. The lowest BCUT2D eigenvalue weighted by Gasteiger charge is -2.08. The minimum Gasteiger partial charge on any atom is -0.371 e. The van der Waals surface area contributed by atoms with E-state index in [0.717, 1.165) is 15.3 Å². The van der Waals surface area contributed by atoms with Crippen molar-refractivity contribution >= 4 is 34.6 Å². The van der Waals surface area contributed by atoms with E-state index in [2.05, 4.69) is 15.6 Å². The highest BCUT2D eigenvalue weighted by molar-refractivity contribution is 7.16. The highest BCUT2D eigenvalue weighted by Gasteiger charge is 2.10. The molecule has 0 aromatic carbocycles. The number of nitrogens with zero attached hydrogens (tertiary/aromatic N) is 1. The third-order valence-corrected chi connectivity index (χ3v) is 3.75.